The van der Waals surface area contributed by atoms with Gasteiger partial charge in [-0.2, -0.15) is 0 Å². The fraction of sp³-hybridized carbons (Fsp3) is 0.435. The first-order valence-electron chi connectivity index (χ1n) is 10.7. The minimum atomic E-state index is -0.559. The van der Waals surface area contributed by atoms with Crippen LogP contribution in [0, 0.1) is 5.92 Å². The molecule has 0 bridgehead atoms. The highest BCUT2D eigenvalue weighted by Crippen LogP contribution is 2.32. The zero-order valence-corrected chi connectivity index (χ0v) is 17.2. The molecule has 2 N–H and O–H groups in total. The number of nitrogens with one attached hydrogen (secondary N) is 1. The Morgan fingerprint density at radius 3 is 2.67 bits per heavy atom. The van der Waals surface area contributed by atoms with Gasteiger partial charge in [0, 0.05) is 44.0 Å². The van der Waals surface area contributed by atoms with E-state index in [1.807, 2.05) is 48.1 Å². The molecule has 2 aliphatic rings. The monoisotopic (exact) mass is 405 g/mol. The standard InChI is InChI=1S/C23H27N5O2/c1-27-13-10-24-22(27)21(29)15-8-11-28(12-9-15)20-14-18(23(30)25-16-6-7-16)17-4-2-3-5-19(17)26-20/h2-5,10,13-16,21,29H,6-9,11-12H2,1H3,(H,25,30). The van der Waals surface area contributed by atoms with Crippen molar-refractivity contribution in [2.24, 2.45) is 13.0 Å². The number of aromatic nitrogens is 3. The molecule has 1 unspecified atom stereocenters. The maximum atomic E-state index is 12.8. The third-order valence-electron chi connectivity index (χ3n) is 6.29. The molecule has 2 fully saturated rings. The largest absolute Gasteiger partial charge is 0.385 e. The molecule has 1 aliphatic carbocycles. The van der Waals surface area contributed by atoms with E-state index in [-0.39, 0.29) is 11.8 Å². The lowest BCUT2D eigenvalue weighted by molar-refractivity contribution is 0.0824. The lowest BCUT2D eigenvalue weighted by atomic mass is 9.90. The summed E-state index contributed by atoms with van der Waals surface area (Å²) in [6, 6.07) is 10.1. The van der Waals surface area contributed by atoms with Gasteiger partial charge in [0.1, 0.15) is 17.7 Å². The average molecular weight is 406 g/mol. The fourth-order valence-corrected chi connectivity index (χ4v) is 4.32. The van der Waals surface area contributed by atoms with Crippen LogP contribution in [0.1, 0.15) is 48.0 Å². The molecule has 1 atom stereocenters. The van der Waals surface area contributed by atoms with Gasteiger partial charge in [0.25, 0.3) is 5.91 Å². The lowest BCUT2D eigenvalue weighted by Crippen LogP contribution is -2.37. The van der Waals surface area contributed by atoms with Crippen LogP contribution >= 0.6 is 0 Å². The quantitative estimate of drug-likeness (QED) is 0.682. The van der Waals surface area contributed by atoms with Gasteiger partial charge >= 0.3 is 0 Å². The SMILES string of the molecule is Cn1ccnc1C(O)C1CCN(c2cc(C(=O)NC3CC3)c3ccccc3n2)CC1. The number of nitrogens with zero attached hydrogens (tertiary/aromatic N) is 4. The normalized spacial score (nSPS) is 18.5. The van der Waals surface area contributed by atoms with Crippen molar-refractivity contribution in [1.29, 1.82) is 0 Å². The number of amides is 1. The Morgan fingerprint density at radius 1 is 1.20 bits per heavy atom. The molecule has 1 saturated carbocycles. The topological polar surface area (TPSA) is 83.3 Å². The van der Waals surface area contributed by atoms with Crippen LogP contribution in [-0.4, -0.2) is 44.7 Å². The molecule has 1 saturated heterocycles. The van der Waals surface area contributed by atoms with E-state index in [0.29, 0.717) is 11.6 Å². The molecule has 3 aromatic rings. The van der Waals surface area contributed by atoms with Crippen molar-refractivity contribution in [3.8, 4) is 0 Å². The van der Waals surface area contributed by atoms with E-state index in [2.05, 4.69) is 15.2 Å². The molecular formula is C23H27N5O2. The van der Waals surface area contributed by atoms with E-state index in [0.717, 1.165) is 61.3 Å². The van der Waals surface area contributed by atoms with Crippen molar-refractivity contribution in [2.45, 2.75) is 37.8 Å². The first-order chi connectivity index (χ1) is 14.6. The molecule has 7 heteroatoms. The van der Waals surface area contributed by atoms with Crippen LogP contribution in [-0.2, 0) is 7.05 Å². The maximum absolute atomic E-state index is 12.8. The van der Waals surface area contributed by atoms with Gasteiger partial charge in [-0.15, -0.1) is 0 Å². The Kier molecular flexibility index (Phi) is 4.90. The van der Waals surface area contributed by atoms with E-state index in [1.165, 1.54) is 0 Å². The van der Waals surface area contributed by atoms with Gasteiger partial charge in [0.2, 0.25) is 0 Å². The van der Waals surface area contributed by atoms with Crippen LogP contribution in [0.3, 0.4) is 0 Å². The number of carbonyl (C=O) groups is 1. The number of piperidine rings is 1. The molecular weight excluding hydrogens is 378 g/mol. The van der Waals surface area contributed by atoms with Gasteiger partial charge in [-0.3, -0.25) is 4.79 Å². The minimum Gasteiger partial charge on any atom is -0.385 e. The summed E-state index contributed by atoms with van der Waals surface area (Å²) in [5.41, 5.74) is 1.53. The van der Waals surface area contributed by atoms with E-state index in [4.69, 9.17) is 4.98 Å². The number of carbonyl (C=O) groups excluding carboxylic acids is 1. The summed E-state index contributed by atoms with van der Waals surface area (Å²) in [7, 11) is 1.91. The number of imidazole rings is 1. The van der Waals surface area contributed by atoms with Crippen molar-refractivity contribution in [2.75, 3.05) is 18.0 Å². The minimum absolute atomic E-state index is 0.0163. The van der Waals surface area contributed by atoms with E-state index >= 15 is 0 Å². The predicted molar refractivity (Wildman–Crippen MR) is 115 cm³/mol. The van der Waals surface area contributed by atoms with Crippen molar-refractivity contribution >= 4 is 22.6 Å². The number of para-hydroxylation sites is 1. The van der Waals surface area contributed by atoms with Gasteiger partial charge < -0.3 is 19.9 Å². The molecule has 1 amide bonds. The zero-order valence-electron chi connectivity index (χ0n) is 17.2. The van der Waals surface area contributed by atoms with Crippen LogP contribution in [0.25, 0.3) is 10.9 Å². The lowest BCUT2D eigenvalue weighted by Gasteiger charge is -2.35. The highest BCUT2D eigenvalue weighted by Gasteiger charge is 2.30. The number of rotatable bonds is 5. The molecule has 0 spiro atoms. The van der Waals surface area contributed by atoms with Crippen LogP contribution in [0.15, 0.2) is 42.7 Å². The Bertz CT molecular complexity index is 1070. The number of hydrogen-bond donors (Lipinski definition) is 2. The van der Waals surface area contributed by atoms with Crippen molar-refractivity contribution in [1.82, 2.24) is 19.9 Å². The van der Waals surface area contributed by atoms with Crippen molar-refractivity contribution in [3.05, 3.63) is 54.1 Å². The summed E-state index contributed by atoms with van der Waals surface area (Å²) in [6.45, 7) is 1.59. The fourth-order valence-electron chi connectivity index (χ4n) is 4.32. The van der Waals surface area contributed by atoms with E-state index in [9.17, 15) is 9.90 Å². The maximum Gasteiger partial charge on any atom is 0.252 e. The molecule has 1 aromatic carbocycles. The number of hydrogen-bond acceptors (Lipinski definition) is 5. The summed E-state index contributed by atoms with van der Waals surface area (Å²) in [6.07, 6.45) is 6.86. The third-order valence-corrected chi connectivity index (χ3v) is 6.29. The summed E-state index contributed by atoms with van der Waals surface area (Å²) in [5, 5.41) is 14.7. The van der Waals surface area contributed by atoms with Crippen molar-refractivity contribution < 1.29 is 9.90 Å². The second kappa shape index (κ2) is 7.72. The Labute approximate surface area is 175 Å². The van der Waals surface area contributed by atoms with Crippen LogP contribution < -0.4 is 10.2 Å². The van der Waals surface area contributed by atoms with E-state index in [1.54, 1.807) is 6.20 Å². The first-order valence-corrected chi connectivity index (χ1v) is 10.7. The number of anilines is 1. The van der Waals surface area contributed by atoms with Gasteiger partial charge in [-0.25, -0.2) is 9.97 Å². The molecule has 30 heavy (non-hydrogen) atoms. The summed E-state index contributed by atoms with van der Waals surface area (Å²) >= 11 is 0. The number of aliphatic hydroxyl groups is 1. The third kappa shape index (κ3) is 3.65. The van der Waals surface area contributed by atoms with Gasteiger partial charge in [-0.05, 0) is 43.7 Å². The molecule has 2 aromatic heterocycles. The second-order valence-electron chi connectivity index (χ2n) is 8.46. The average Bonchev–Trinajstić information content (AvgIpc) is 3.49. The second-order valence-corrected chi connectivity index (χ2v) is 8.46. The van der Waals surface area contributed by atoms with Crippen LogP contribution in [0.4, 0.5) is 5.82 Å². The van der Waals surface area contributed by atoms with Gasteiger partial charge in [-0.1, -0.05) is 18.2 Å². The highest BCUT2D eigenvalue weighted by molar-refractivity contribution is 6.07. The van der Waals surface area contributed by atoms with Gasteiger partial charge in [0.15, 0.2) is 0 Å². The Balaban J connectivity index is 1.36. The Morgan fingerprint density at radius 2 is 1.97 bits per heavy atom. The Hall–Kier alpha value is -2.93. The van der Waals surface area contributed by atoms with Crippen LogP contribution in [0.5, 0.6) is 0 Å². The molecule has 1 aliphatic heterocycles. The number of aliphatic hydroxyl groups excluding tert-OH is 1. The molecule has 7 nitrogen and oxygen atoms in total. The van der Waals surface area contributed by atoms with Gasteiger partial charge in [0.05, 0.1) is 11.1 Å². The number of benzene rings is 1. The zero-order chi connectivity index (χ0) is 20.7. The molecule has 156 valence electrons. The summed E-state index contributed by atoms with van der Waals surface area (Å²) < 4.78 is 1.88. The van der Waals surface area contributed by atoms with E-state index < -0.39 is 6.10 Å². The van der Waals surface area contributed by atoms with Crippen LogP contribution in [0.2, 0.25) is 0 Å². The number of aryl methyl sites for hydroxylation is 1. The summed E-state index contributed by atoms with van der Waals surface area (Å²) in [4.78, 5) is 24.2. The smallest absolute Gasteiger partial charge is 0.252 e. The van der Waals surface area contributed by atoms with Crippen molar-refractivity contribution in [3.63, 3.8) is 0 Å². The number of pyridine rings is 1. The number of fused-ring (bicyclic) bond motifs is 1. The first kappa shape index (κ1) is 19.1. The molecule has 0 radical (unpaired) electrons. The molecule has 3 heterocycles. The highest BCUT2D eigenvalue weighted by atomic mass is 16.3. The molecule has 5 rings (SSSR count). The summed E-state index contributed by atoms with van der Waals surface area (Å²) in [5.74, 6) is 1.70. The predicted octanol–water partition coefficient (Wildman–Crippen LogP) is 2.81.